The van der Waals surface area contributed by atoms with Gasteiger partial charge in [0.05, 0.1) is 24.7 Å². The third-order valence-corrected chi connectivity index (χ3v) is 11.6. The molecule has 2 heterocycles. The average molecular weight is 874 g/mol. The van der Waals surface area contributed by atoms with Gasteiger partial charge < -0.3 is 5.11 Å². The summed E-state index contributed by atoms with van der Waals surface area (Å²) in [6.45, 7) is 24.9. The third kappa shape index (κ3) is 7.86. The summed E-state index contributed by atoms with van der Waals surface area (Å²) in [4.78, 5) is 10.4. The Bertz CT molecular complexity index is 2180. The van der Waals surface area contributed by atoms with Crippen molar-refractivity contribution in [1.82, 2.24) is 14.5 Å². The first kappa shape index (κ1) is 38.4. The molecule has 1 N–H and O–H groups in total. The molecular weight excluding hydrogens is 822 g/mol. The summed E-state index contributed by atoms with van der Waals surface area (Å²) in [6.07, 6.45) is 3.16. The quantitative estimate of drug-likeness (QED) is 0.128. The number of rotatable bonds is 7. The van der Waals surface area contributed by atoms with Crippen LogP contribution in [-0.4, -0.2) is 27.7 Å². The van der Waals surface area contributed by atoms with Crippen LogP contribution in [0.4, 0.5) is 0 Å². The van der Waals surface area contributed by atoms with Crippen molar-refractivity contribution in [2.24, 2.45) is 5.92 Å². The Morgan fingerprint density at radius 2 is 1.45 bits per heavy atom. The van der Waals surface area contributed by atoms with E-state index in [4.69, 9.17) is 9.97 Å². The minimum Gasteiger partial charge on any atom is -0.507 e. The monoisotopic (exact) mass is 873 g/mol. The molecule has 0 unspecified atom stereocenters. The van der Waals surface area contributed by atoms with E-state index in [1.54, 1.807) is 0 Å². The summed E-state index contributed by atoms with van der Waals surface area (Å²) < 4.78 is 2.19. The number of imidazole rings is 1. The van der Waals surface area contributed by atoms with Crippen LogP contribution in [0.15, 0.2) is 91.1 Å². The van der Waals surface area contributed by atoms with Crippen LogP contribution in [0, 0.1) is 12.0 Å². The SMILES string of the molecule is CC(C)Cc1cc(-c2[c-]c(-c3cccc4c3nc(-c3cc(C(C)(C)C)cc(C(C)(C)C)c3O)n4-c3ccccc3)ccc2)ncc1[Si](C)(C)C.[Pt]. The molecule has 0 aliphatic rings. The topological polar surface area (TPSA) is 50.9 Å². The van der Waals surface area contributed by atoms with Crippen molar-refractivity contribution in [3.05, 3.63) is 114 Å². The molecule has 0 amide bonds. The summed E-state index contributed by atoms with van der Waals surface area (Å²) in [5, 5.41) is 13.4. The van der Waals surface area contributed by atoms with E-state index in [1.165, 1.54) is 10.8 Å². The number of nitrogens with zero attached hydrogens (tertiary/aromatic N) is 3. The second-order valence-corrected chi connectivity index (χ2v) is 22.3. The van der Waals surface area contributed by atoms with Crippen molar-refractivity contribution >= 4 is 24.3 Å². The van der Waals surface area contributed by atoms with E-state index < -0.39 is 8.07 Å². The number of hydrogen-bond donors (Lipinski definition) is 1. The molecule has 0 atom stereocenters. The molecule has 0 fully saturated rings. The Hall–Kier alpha value is -3.79. The second kappa shape index (κ2) is 14.3. The number of phenolic OH excluding ortho intramolecular Hbond substituents is 1. The molecular formula is C45H52N3OPtSi-. The van der Waals surface area contributed by atoms with Gasteiger partial charge in [0.2, 0.25) is 0 Å². The Balaban J connectivity index is 0.00000504. The van der Waals surface area contributed by atoms with Crippen molar-refractivity contribution in [2.45, 2.75) is 92.3 Å². The summed E-state index contributed by atoms with van der Waals surface area (Å²) in [6, 6.07) is 33.3. The van der Waals surface area contributed by atoms with Crippen molar-refractivity contribution in [3.63, 3.8) is 0 Å². The van der Waals surface area contributed by atoms with E-state index >= 15 is 0 Å². The van der Waals surface area contributed by atoms with Crippen LogP contribution in [0.5, 0.6) is 5.75 Å². The first-order chi connectivity index (χ1) is 23.4. The van der Waals surface area contributed by atoms with Gasteiger partial charge in [-0.25, -0.2) is 4.98 Å². The first-order valence-electron chi connectivity index (χ1n) is 17.9. The molecule has 0 bridgehead atoms. The Labute approximate surface area is 320 Å². The maximum absolute atomic E-state index is 12.0. The number of aromatic hydroxyl groups is 1. The average Bonchev–Trinajstić information content (AvgIpc) is 3.43. The van der Waals surface area contributed by atoms with Crippen LogP contribution >= 0.6 is 0 Å². The summed E-state index contributed by atoms with van der Waals surface area (Å²) >= 11 is 0. The Morgan fingerprint density at radius 1 is 0.784 bits per heavy atom. The summed E-state index contributed by atoms with van der Waals surface area (Å²) in [5.74, 6) is 1.55. The van der Waals surface area contributed by atoms with Crippen LogP contribution in [-0.2, 0) is 38.3 Å². The zero-order chi connectivity index (χ0) is 36.2. The zero-order valence-electron chi connectivity index (χ0n) is 32.0. The van der Waals surface area contributed by atoms with E-state index in [-0.39, 0.29) is 37.6 Å². The number of phenols is 1. The minimum atomic E-state index is -1.56. The molecule has 0 aliphatic heterocycles. The van der Waals surface area contributed by atoms with Crippen LogP contribution in [0.3, 0.4) is 0 Å². The molecule has 0 spiro atoms. The molecule has 0 saturated carbocycles. The van der Waals surface area contributed by atoms with Gasteiger partial charge in [-0.15, -0.1) is 29.8 Å². The molecule has 4 aromatic carbocycles. The molecule has 0 saturated heterocycles. The first-order valence-corrected chi connectivity index (χ1v) is 21.4. The van der Waals surface area contributed by atoms with Crippen LogP contribution in [0.1, 0.15) is 72.1 Å². The third-order valence-electron chi connectivity index (χ3n) is 9.51. The largest absolute Gasteiger partial charge is 0.507 e. The molecule has 6 aromatic rings. The number of hydrogen-bond acceptors (Lipinski definition) is 3. The number of benzene rings is 4. The minimum absolute atomic E-state index is 0. The molecule has 268 valence electrons. The van der Waals surface area contributed by atoms with Crippen molar-refractivity contribution < 1.29 is 26.2 Å². The molecule has 0 aliphatic carbocycles. The van der Waals surface area contributed by atoms with Gasteiger partial charge in [0.15, 0.2) is 0 Å². The second-order valence-electron chi connectivity index (χ2n) is 17.3. The maximum atomic E-state index is 12.0. The molecule has 6 rings (SSSR count). The number of para-hydroxylation sites is 2. The van der Waals surface area contributed by atoms with Crippen molar-refractivity contribution in [2.75, 3.05) is 0 Å². The van der Waals surface area contributed by atoms with Gasteiger partial charge in [0.25, 0.3) is 0 Å². The van der Waals surface area contributed by atoms with Gasteiger partial charge in [-0.05, 0) is 58.2 Å². The van der Waals surface area contributed by atoms with Crippen LogP contribution < -0.4 is 5.19 Å². The van der Waals surface area contributed by atoms with Gasteiger partial charge in [-0.1, -0.05) is 134 Å². The van der Waals surface area contributed by atoms with Gasteiger partial charge in [-0.2, -0.15) is 0 Å². The Kier molecular flexibility index (Phi) is 10.8. The summed E-state index contributed by atoms with van der Waals surface area (Å²) in [5.41, 5.74) is 10.5. The molecule has 0 radical (unpaired) electrons. The van der Waals surface area contributed by atoms with E-state index in [0.29, 0.717) is 11.7 Å². The Morgan fingerprint density at radius 3 is 2.08 bits per heavy atom. The fourth-order valence-corrected chi connectivity index (χ4v) is 8.44. The number of pyridine rings is 1. The smallest absolute Gasteiger partial charge is 0.148 e. The van der Waals surface area contributed by atoms with E-state index in [0.717, 1.165) is 62.2 Å². The molecule has 51 heavy (non-hydrogen) atoms. The fraction of sp³-hybridized carbons (Fsp3) is 0.333. The number of aromatic nitrogens is 3. The predicted molar refractivity (Wildman–Crippen MR) is 215 cm³/mol. The van der Waals surface area contributed by atoms with E-state index in [1.807, 2.05) is 18.2 Å². The van der Waals surface area contributed by atoms with Gasteiger partial charge in [-0.3, -0.25) is 9.55 Å². The zero-order valence-corrected chi connectivity index (χ0v) is 35.3. The maximum Gasteiger partial charge on any atom is 0.148 e. The van der Waals surface area contributed by atoms with Crippen molar-refractivity contribution in [3.8, 4) is 45.2 Å². The van der Waals surface area contributed by atoms with E-state index in [2.05, 4.69) is 159 Å². The number of fused-ring (bicyclic) bond motifs is 1. The standard InChI is InChI=1S/C45H52N3OSi.Pt/c1-29(2)23-32-25-38(46-28-40(32)50(9,10)11)31-18-15-17-30(24-31)35-21-16-22-39-41(35)47-43(48(39)34-19-13-12-14-20-34)36-26-33(44(3,4)5)27-37(42(36)49)45(6,7)8;/h12-22,25-29,49H,23H2,1-11H3;/q-1;. The van der Waals surface area contributed by atoms with Gasteiger partial charge in [0, 0.05) is 44.2 Å². The van der Waals surface area contributed by atoms with E-state index in [9.17, 15) is 5.11 Å². The normalized spacial score (nSPS) is 12.4. The molecule has 6 heteroatoms. The van der Waals surface area contributed by atoms with Crippen LogP contribution in [0.2, 0.25) is 19.6 Å². The van der Waals surface area contributed by atoms with Gasteiger partial charge in [0.1, 0.15) is 11.6 Å². The summed E-state index contributed by atoms with van der Waals surface area (Å²) in [7, 11) is -1.56. The fourth-order valence-electron chi connectivity index (χ4n) is 6.85. The van der Waals surface area contributed by atoms with Crippen molar-refractivity contribution in [1.29, 1.82) is 0 Å². The van der Waals surface area contributed by atoms with Gasteiger partial charge >= 0.3 is 0 Å². The predicted octanol–water partition coefficient (Wildman–Crippen LogP) is 11.3. The van der Waals surface area contributed by atoms with Crippen LogP contribution in [0.25, 0.3) is 50.5 Å². The molecule has 2 aromatic heterocycles. The molecule has 4 nitrogen and oxygen atoms in total.